The summed E-state index contributed by atoms with van der Waals surface area (Å²) in [6.07, 6.45) is 3.85. The predicted octanol–water partition coefficient (Wildman–Crippen LogP) is 17.4. The molecule has 0 bridgehead atoms. The Morgan fingerprint density at radius 2 is 0.737 bits per heavy atom. The molecule has 13 aromatic rings. The summed E-state index contributed by atoms with van der Waals surface area (Å²) in [6.45, 7) is 9.52. The van der Waals surface area contributed by atoms with E-state index in [1.54, 1.807) is 0 Å². The van der Waals surface area contributed by atoms with Crippen molar-refractivity contribution >= 4 is 60.7 Å². The summed E-state index contributed by atoms with van der Waals surface area (Å²) in [5.74, 6) is 0. The van der Waals surface area contributed by atoms with Crippen molar-refractivity contribution in [3.8, 4) is 45.0 Å². The maximum Gasteiger partial charge on any atom is 0.0937 e. The van der Waals surface area contributed by atoms with Gasteiger partial charge < -0.3 is 14.0 Å². The fourth-order valence-electron chi connectivity index (χ4n) is 14.8. The maximum absolute atomic E-state index is 5.22. The average molecular weight is 972 g/mol. The third-order valence-corrected chi connectivity index (χ3v) is 18.2. The van der Waals surface area contributed by atoms with Gasteiger partial charge in [-0.3, -0.25) is 9.97 Å². The van der Waals surface area contributed by atoms with Crippen molar-refractivity contribution in [2.45, 2.75) is 43.9 Å². The number of nitrogens with zero attached hydrogens (tertiary/aromatic N) is 5. The van der Waals surface area contributed by atoms with Crippen LogP contribution in [0.3, 0.4) is 0 Å². The highest BCUT2D eigenvalue weighted by molar-refractivity contribution is 6.13. The van der Waals surface area contributed by atoms with E-state index in [0.717, 1.165) is 51.0 Å². The molecule has 0 saturated heterocycles. The van der Waals surface area contributed by atoms with Crippen LogP contribution in [-0.2, 0) is 16.2 Å². The molecule has 17 rings (SSSR count). The highest BCUT2D eigenvalue weighted by Crippen LogP contribution is 2.64. The zero-order valence-electron chi connectivity index (χ0n) is 42.6. The molecule has 0 unspecified atom stereocenters. The highest BCUT2D eigenvalue weighted by Gasteiger charge is 2.53. The molecule has 76 heavy (non-hydrogen) atoms. The van der Waals surface area contributed by atoms with Crippen LogP contribution in [0, 0.1) is 0 Å². The van der Waals surface area contributed by atoms with Crippen molar-refractivity contribution in [2.75, 3.05) is 4.90 Å². The third kappa shape index (κ3) is 5.10. The molecule has 5 nitrogen and oxygen atoms in total. The maximum atomic E-state index is 5.22. The van der Waals surface area contributed by atoms with Crippen LogP contribution in [0.4, 0.5) is 17.1 Å². The zero-order chi connectivity index (χ0) is 50.4. The van der Waals surface area contributed by atoms with E-state index in [9.17, 15) is 0 Å². The Labute approximate surface area is 440 Å². The first-order valence-electron chi connectivity index (χ1n) is 26.6. The lowest BCUT2D eigenvalue weighted by Gasteiger charge is -2.45. The fourth-order valence-corrected chi connectivity index (χ4v) is 14.8. The lowest BCUT2D eigenvalue weighted by molar-refractivity contribution is 0.661. The number of aromatic nitrogens is 4. The number of para-hydroxylation sites is 3. The van der Waals surface area contributed by atoms with Crippen molar-refractivity contribution in [2.24, 2.45) is 0 Å². The van der Waals surface area contributed by atoms with Crippen molar-refractivity contribution in [3.05, 3.63) is 269 Å². The molecule has 3 aliphatic carbocycles. The minimum atomic E-state index is -0.817. The Bertz CT molecular complexity index is 4440. The normalized spacial score (nSPS) is 15.4. The zero-order valence-corrected chi connectivity index (χ0v) is 42.6. The van der Waals surface area contributed by atoms with E-state index in [1.165, 1.54) is 99.2 Å². The van der Waals surface area contributed by atoms with Crippen molar-refractivity contribution < 1.29 is 0 Å². The largest absolute Gasteiger partial charge is 0.310 e. The first kappa shape index (κ1) is 42.1. The van der Waals surface area contributed by atoms with Crippen molar-refractivity contribution in [1.29, 1.82) is 0 Å². The minimum Gasteiger partial charge on any atom is -0.310 e. The van der Waals surface area contributed by atoms with Gasteiger partial charge in [0, 0.05) is 61.8 Å². The van der Waals surface area contributed by atoms with Gasteiger partial charge in [0.1, 0.15) is 0 Å². The van der Waals surface area contributed by atoms with E-state index in [1.807, 2.05) is 12.4 Å². The molecule has 4 aliphatic rings. The molecular formula is C71H49N5. The number of benzene rings is 9. The van der Waals surface area contributed by atoms with Gasteiger partial charge in [0.15, 0.2) is 0 Å². The molecule has 0 amide bonds. The van der Waals surface area contributed by atoms with E-state index < -0.39 is 5.41 Å². The van der Waals surface area contributed by atoms with Gasteiger partial charge in [0.2, 0.25) is 0 Å². The van der Waals surface area contributed by atoms with Gasteiger partial charge in [-0.25, -0.2) is 0 Å². The molecule has 1 spiro atoms. The minimum absolute atomic E-state index is 0.159. The molecule has 0 atom stereocenters. The van der Waals surface area contributed by atoms with Crippen molar-refractivity contribution in [3.63, 3.8) is 0 Å². The van der Waals surface area contributed by atoms with E-state index in [0.29, 0.717) is 0 Å². The second-order valence-corrected chi connectivity index (χ2v) is 22.5. The Morgan fingerprint density at radius 1 is 0.303 bits per heavy atom. The summed E-state index contributed by atoms with van der Waals surface area (Å²) in [5.41, 5.74) is 26.4. The van der Waals surface area contributed by atoms with Crippen LogP contribution in [0.15, 0.2) is 225 Å². The number of fused-ring (bicyclic) bond motifs is 21. The van der Waals surface area contributed by atoms with Gasteiger partial charge in [-0.05, 0) is 164 Å². The van der Waals surface area contributed by atoms with Crippen LogP contribution >= 0.6 is 0 Å². The Kier molecular flexibility index (Phi) is 8.03. The van der Waals surface area contributed by atoms with Crippen LogP contribution in [-0.4, -0.2) is 19.1 Å². The molecular weight excluding hydrogens is 923 g/mol. The molecule has 9 aromatic carbocycles. The number of pyridine rings is 2. The fraction of sp³-hybridized carbons (Fsp3) is 0.0986. The molecule has 358 valence electrons. The van der Waals surface area contributed by atoms with Crippen LogP contribution in [0.25, 0.3) is 88.6 Å². The molecule has 5 heterocycles. The number of rotatable bonds is 3. The van der Waals surface area contributed by atoms with Crippen molar-refractivity contribution in [1.82, 2.24) is 19.1 Å². The first-order valence-corrected chi connectivity index (χ1v) is 26.6. The van der Waals surface area contributed by atoms with Gasteiger partial charge in [-0.2, -0.15) is 0 Å². The summed E-state index contributed by atoms with van der Waals surface area (Å²) in [6, 6.07) is 80.0. The van der Waals surface area contributed by atoms with Gasteiger partial charge >= 0.3 is 0 Å². The number of anilines is 3. The lowest BCUT2D eigenvalue weighted by atomic mass is 9.64. The van der Waals surface area contributed by atoms with Gasteiger partial charge in [0.05, 0.1) is 50.2 Å². The van der Waals surface area contributed by atoms with E-state index >= 15 is 0 Å². The summed E-state index contributed by atoms with van der Waals surface area (Å²) < 4.78 is 5.05. The molecule has 1 aliphatic heterocycles. The lowest BCUT2D eigenvalue weighted by Crippen LogP contribution is -2.36. The van der Waals surface area contributed by atoms with Crippen LogP contribution in [0.1, 0.15) is 72.2 Å². The summed E-state index contributed by atoms with van der Waals surface area (Å²) in [4.78, 5) is 12.9. The van der Waals surface area contributed by atoms with Gasteiger partial charge in [-0.15, -0.1) is 0 Å². The molecule has 4 aromatic heterocycles. The predicted molar refractivity (Wildman–Crippen MR) is 311 cm³/mol. The van der Waals surface area contributed by atoms with E-state index in [2.05, 4.69) is 254 Å². The summed E-state index contributed by atoms with van der Waals surface area (Å²) >= 11 is 0. The van der Waals surface area contributed by atoms with Crippen LogP contribution < -0.4 is 4.90 Å². The molecule has 5 heteroatoms. The Hall–Kier alpha value is -9.32. The Morgan fingerprint density at radius 3 is 1.24 bits per heavy atom. The van der Waals surface area contributed by atoms with Gasteiger partial charge in [-0.1, -0.05) is 143 Å². The van der Waals surface area contributed by atoms with Gasteiger partial charge in [0.25, 0.3) is 0 Å². The second-order valence-electron chi connectivity index (χ2n) is 22.5. The number of hydrogen-bond donors (Lipinski definition) is 0. The SMILES string of the molecule is CC1(C)c2ccccc2-c2cc3c4ccccc4n(-c4ccc5c(c4)C4(c6cc(-n7c8ccccc8c8cc9c(cc87)C(C)(C)c7ccccc7-9)ccc6N5c5ccccc5)c5cccnc5-c5ncccc54)c3cc21. The molecule has 0 radical (unpaired) electrons. The highest BCUT2D eigenvalue weighted by atomic mass is 15.2. The summed E-state index contributed by atoms with van der Waals surface area (Å²) in [7, 11) is 0. The second kappa shape index (κ2) is 14.5. The summed E-state index contributed by atoms with van der Waals surface area (Å²) in [5, 5.41) is 4.99. The standard InChI is InChI=1S/C71H49N5/c1-69(2)53-24-12-8-20-45(53)49-38-51-47-22-10-14-28-61(47)75(65(51)40-57(49)69)43-30-32-63-59(36-43)71(55-26-16-34-72-67(55)68-56(71)27-17-35-73-68)60-37-44(31-33-64(60)74(63)42-18-6-5-7-19-42)76-62-29-15-11-23-48(62)52-39-50-46-21-9-13-25-54(46)70(3,4)58(50)41-66(52)76/h5-41H,1-4H3. The van der Waals surface area contributed by atoms with E-state index in [-0.39, 0.29) is 10.8 Å². The topological polar surface area (TPSA) is 38.9 Å². The van der Waals surface area contributed by atoms with E-state index in [4.69, 9.17) is 9.97 Å². The quantitative estimate of drug-likeness (QED) is 0.177. The average Bonchev–Trinajstić information content (AvgIpc) is 4.32. The molecule has 0 saturated carbocycles. The third-order valence-electron chi connectivity index (χ3n) is 18.2. The molecule has 0 N–H and O–H groups in total. The molecule has 0 fully saturated rings. The van der Waals surface area contributed by atoms with Crippen LogP contribution in [0.5, 0.6) is 0 Å². The Balaban J connectivity index is 0.979. The van der Waals surface area contributed by atoms with Crippen LogP contribution in [0.2, 0.25) is 0 Å². The first-order chi connectivity index (χ1) is 37.2. The monoisotopic (exact) mass is 971 g/mol. The smallest absolute Gasteiger partial charge is 0.0937 e. The number of hydrogen-bond acceptors (Lipinski definition) is 3.